The Hall–Kier alpha value is -2.93. The first-order chi connectivity index (χ1) is 13.7. The summed E-state index contributed by atoms with van der Waals surface area (Å²) < 4.78 is 5.36. The Morgan fingerprint density at radius 2 is 2.00 bits per heavy atom. The molecule has 2 aliphatic rings. The summed E-state index contributed by atoms with van der Waals surface area (Å²) in [5.41, 5.74) is 2.28. The zero-order valence-electron chi connectivity index (χ0n) is 15.8. The Morgan fingerprint density at radius 1 is 1.14 bits per heavy atom. The van der Waals surface area contributed by atoms with E-state index in [1.807, 2.05) is 24.3 Å². The van der Waals surface area contributed by atoms with E-state index in [1.54, 1.807) is 23.2 Å². The van der Waals surface area contributed by atoms with Crippen LogP contribution in [0.5, 0.6) is 0 Å². The second kappa shape index (κ2) is 8.39. The van der Waals surface area contributed by atoms with Crippen molar-refractivity contribution in [3.05, 3.63) is 53.7 Å². The number of rotatable bonds is 5. The molecule has 0 bridgehead atoms. The van der Waals surface area contributed by atoms with E-state index < -0.39 is 0 Å². The molecular formula is C21H24N4O3. The molecule has 0 aliphatic carbocycles. The van der Waals surface area contributed by atoms with E-state index >= 15 is 0 Å². The second-order valence-corrected chi connectivity index (χ2v) is 7.01. The lowest BCUT2D eigenvalue weighted by Crippen LogP contribution is -2.36. The molecule has 2 saturated heterocycles. The van der Waals surface area contributed by atoms with Gasteiger partial charge in [-0.25, -0.2) is 4.98 Å². The molecule has 4 rings (SSSR count). The van der Waals surface area contributed by atoms with Crippen molar-refractivity contribution in [1.82, 2.24) is 10.3 Å². The largest absolute Gasteiger partial charge is 0.378 e. The molecule has 0 radical (unpaired) electrons. The molecule has 1 N–H and O–H groups in total. The number of nitrogens with one attached hydrogen (secondary N) is 1. The first kappa shape index (κ1) is 18.4. The third kappa shape index (κ3) is 4.14. The van der Waals surface area contributed by atoms with Crippen molar-refractivity contribution in [1.29, 1.82) is 0 Å². The molecule has 2 amide bonds. The van der Waals surface area contributed by atoms with Crippen LogP contribution in [0.2, 0.25) is 0 Å². The van der Waals surface area contributed by atoms with Crippen molar-refractivity contribution in [3.8, 4) is 0 Å². The molecule has 2 fully saturated rings. The van der Waals surface area contributed by atoms with E-state index in [9.17, 15) is 9.59 Å². The van der Waals surface area contributed by atoms with Crippen molar-refractivity contribution < 1.29 is 14.3 Å². The zero-order chi connectivity index (χ0) is 19.3. The lowest BCUT2D eigenvalue weighted by atomic mass is 10.1. The van der Waals surface area contributed by atoms with Gasteiger partial charge in [0, 0.05) is 50.0 Å². The Balaban J connectivity index is 1.36. The first-order valence-electron chi connectivity index (χ1n) is 9.67. The van der Waals surface area contributed by atoms with Crippen molar-refractivity contribution in [3.63, 3.8) is 0 Å². The molecule has 7 nitrogen and oxygen atoms in total. The third-order valence-corrected chi connectivity index (χ3v) is 5.09. The number of pyridine rings is 1. The number of ether oxygens (including phenoxy) is 1. The number of morpholine rings is 1. The minimum absolute atomic E-state index is 0.115. The molecule has 0 unspecified atom stereocenters. The van der Waals surface area contributed by atoms with Crippen molar-refractivity contribution in [2.24, 2.45) is 0 Å². The summed E-state index contributed by atoms with van der Waals surface area (Å²) in [6.07, 6.45) is 3.23. The second-order valence-electron chi connectivity index (χ2n) is 7.01. The summed E-state index contributed by atoms with van der Waals surface area (Å²) >= 11 is 0. The van der Waals surface area contributed by atoms with Crippen molar-refractivity contribution >= 4 is 23.3 Å². The summed E-state index contributed by atoms with van der Waals surface area (Å²) in [7, 11) is 0. The number of benzene rings is 1. The average molecular weight is 380 g/mol. The van der Waals surface area contributed by atoms with E-state index in [2.05, 4.69) is 15.2 Å². The minimum atomic E-state index is -0.161. The van der Waals surface area contributed by atoms with Gasteiger partial charge in [0.2, 0.25) is 5.91 Å². The first-order valence-corrected chi connectivity index (χ1v) is 9.67. The lowest BCUT2D eigenvalue weighted by Gasteiger charge is -2.27. The number of carbonyl (C=O) groups is 2. The molecule has 2 aliphatic heterocycles. The number of carbonyl (C=O) groups excluding carboxylic acids is 2. The highest BCUT2D eigenvalue weighted by atomic mass is 16.5. The van der Waals surface area contributed by atoms with Gasteiger partial charge in [-0.2, -0.15) is 0 Å². The number of amides is 2. The van der Waals surface area contributed by atoms with E-state index in [0.717, 1.165) is 49.8 Å². The Morgan fingerprint density at radius 3 is 2.71 bits per heavy atom. The van der Waals surface area contributed by atoms with Gasteiger partial charge in [0.05, 0.1) is 13.2 Å². The van der Waals surface area contributed by atoms with Crippen LogP contribution in [0.25, 0.3) is 0 Å². The normalized spacial score (nSPS) is 17.1. The maximum atomic E-state index is 12.5. The highest BCUT2D eigenvalue weighted by Gasteiger charge is 2.22. The fourth-order valence-electron chi connectivity index (χ4n) is 3.52. The van der Waals surface area contributed by atoms with Crippen LogP contribution in [0, 0.1) is 0 Å². The standard InChI is InChI=1S/C21H24N4O3/c26-20-5-2-8-25(20)18-4-1-3-17(13-18)21(27)23-15-16-6-7-19(22-14-16)24-9-11-28-12-10-24/h1,3-4,6-7,13-14H,2,5,8-12,15H2,(H,23,27). The van der Waals surface area contributed by atoms with Crippen LogP contribution in [-0.4, -0.2) is 49.6 Å². The van der Waals surface area contributed by atoms with Gasteiger partial charge in [0.1, 0.15) is 5.82 Å². The Kier molecular flexibility index (Phi) is 5.53. The highest BCUT2D eigenvalue weighted by Crippen LogP contribution is 2.22. The van der Waals surface area contributed by atoms with Crippen LogP contribution in [0.1, 0.15) is 28.8 Å². The molecule has 28 heavy (non-hydrogen) atoms. The van der Waals surface area contributed by atoms with Gasteiger partial charge in [0.25, 0.3) is 5.91 Å². The Bertz CT molecular complexity index is 847. The molecule has 1 aromatic heterocycles. The van der Waals surface area contributed by atoms with Crippen LogP contribution < -0.4 is 15.1 Å². The molecule has 0 spiro atoms. The number of aromatic nitrogens is 1. The fourth-order valence-corrected chi connectivity index (χ4v) is 3.52. The van der Waals surface area contributed by atoms with Crippen molar-refractivity contribution in [2.75, 3.05) is 42.6 Å². The predicted molar refractivity (Wildman–Crippen MR) is 106 cm³/mol. The lowest BCUT2D eigenvalue weighted by molar-refractivity contribution is -0.117. The van der Waals surface area contributed by atoms with Gasteiger partial charge < -0.3 is 19.9 Å². The molecule has 7 heteroatoms. The van der Waals surface area contributed by atoms with Gasteiger partial charge in [-0.15, -0.1) is 0 Å². The van der Waals surface area contributed by atoms with Crippen LogP contribution in [-0.2, 0) is 16.1 Å². The average Bonchev–Trinajstić information content (AvgIpc) is 3.19. The van der Waals surface area contributed by atoms with Crippen LogP contribution >= 0.6 is 0 Å². The van der Waals surface area contributed by atoms with Crippen LogP contribution in [0.4, 0.5) is 11.5 Å². The molecule has 0 atom stereocenters. The molecule has 1 aromatic carbocycles. The molecule has 146 valence electrons. The smallest absolute Gasteiger partial charge is 0.251 e. The maximum absolute atomic E-state index is 12.5. The van der Waals surface area contributed by atoms with Gasteiger partial charge in [-0.05, 0) is 36.2 Å². The van der Waals surface area contributed by atoms with Crippen LogP contribution in [0.15, 0.2) is 42.6 Å². The van der Waals surface area contributed by atoms with E-state index in [0.29, 0.717) is 25.1 Å². The van der Waals surface area contributed by atoms with Crippen LogP contribution in [0.3, 0.4) is 0 Å². The zero-order valence-corrected chi connectivity index (χ0v) is 15.8. The van der Waals surface area contributed by atoms with E-state index in [-0.39, 0.29) is 11.8 Å². The third-order valence-electron chi connectivity index (χ3n) is 5.09. The van der Waals surface area contributed by atoms with Gasteiger partial charge in [0.15, 0.2) is 0 Å². The SMILES string of the molecule is O=C(NCc1ccc(N2CCOCC2)nc1)c1cccc(N2CCCC2=O)c1. The van der Waals surface area contributed by atoms with Crippen molar-refractivity contribution in [2.45, 2.75) is 19.4 Å². The summed E-state index contributed by atoms with van der Waals surface area (Å²) in [4.78, 5) is 32.9. The number of nitrogens with zero attached hydrogens (tertiary/aromatic N) is 3. The van der Waals surface area contributed by atoms with Gasteiger partial charge in [-0.3, -0.25) is 9.59 Å². The fraction of sp³-hybridized carbons (Fsp3) is 0.381. The highest BCUT2D eigenvalue weighted by molar-refractivity contribution is 5.99. The van der Waals surface area contributed by atoms with Gasteiger partial charge in [-0.1, -0.05) is 12.1 Å². The molecule has 0 saturated carbocycles. The maximum Gasteiger partial charge on any atom is 0.251 e. The quantitative estimate of drug-likeness (QED) is 0.859. The topological polar surface area (TPSA) is 74.8 Å². The Labute approximate surface area is 164 Å². The van der Waals surface area contributed by atoms with E-state index in [1.165, 1.54) is 0 Å². The number of anilines is 2. The molecule has 2 aromatic rings. The summed E-state index contributed by atoms with van der Waals surface area (Å²) in [6.45, 7) is 4.26. The number of hydrogen-bond donors (Lipinski definition) is 1. The summed E-state index contributed by atoms with van der Waals surface area (Å²) in [5, 5.41) is 2.93. The molecular weight excluding hydrogens is 356 g/mol. The number of hydrogen-bond acceptors (Lipinski definition) is 5. The molecule has 3 heterocycles. The monoisotopic (exact) mass is 380 g/mol. The van der Waals surface area contributed by atoms with E-state index in [4.69, 9.17) is 4.74 Å². The summed E-state index contributed by atoms with van der Waals surface area (Å²) in [6, 6.07) is 11.2. The minimum Gasteiger partial charge on any atom is -0.378 e. The van der Waals surface area contributed by atoms with Gasteiger partial charge >= 0.3 is 0 Å². The predicted octanol–water partition coefficient (Wildman–Crippen LogP) is 1.97. The summed E-state index contributed by atoms with van der Waals surface area (Å²) in [5.74, 6) is 0.885.